The summed E-state index contributed by atoms with van der Waals surface area (Å²) in [5, 5.41) is 7.79. The first kappa shape index (κ1) is 25.5. The molecule has 1 aliphatic rings. The molecule has 0 unspecified atom stereocenters. The molecule has 0 saturated carbocycles. The number of anilines is 2. The fourth-order valence-electron chi connectivity index (χ4n) is 5.18. The zero-order valence-corrected chi connectivity index (χ0v) is 23.4. The van der Waals surface area contributed by atoms with Crippen LogP contribution in [-0.2, 0) is 7.05 Å². The number of aromatic amines is 1. The SMILES string of the molecule is Cc1cc2cc(Nc3ccnc4cc(-c5cnc(C(=O)NCCCN6CCN(C)CC6)n5C)sc34)ccc2[nH]1. The summed E-state index contributed by atoms with van der Waals surface area (Å²) in [6.45, 7) is 8.11. The molecule has 0 atom stereocenters. The average Bonchev–Trinajstić information content (AvgIpc) is 3.63. The molecule has 5 aromatic rings. The molecule has 0 spiro atoms. The molecule has 39 heavy (non-hydrogen) atoms. The number of fused-ring (bicyclic) bond motifs is 2. The topological polar surface area (TPSA) is 94.1 Å². The number of pyridine rings is 1. The Labute approximate surface area is 231 Å². The van der Waals surface area contributed by atoms with Crippen LogP contribution in [0, 0.1) is 6.92 Å². The highest BCUT2D eigenvalue weighted by atomic mass is 32.1. The zero-order valence-electron chi connectivity index (χ0n) is 22.6. The number of carbonyl (C=O) groups is 1. The van der Waals surface area contributed by atoms with E-state index in [1.807, 2.05) is 23.9 Å². The molecule has 3 N–H and O–H groups in total. The number of H-pyrrole nitrogens is 1. The smallest absolute Gasteiger partial charge is 0.287 e. The second-order valence-corrected chi connectivity index (χ2v) is 11.4. The van der Waals surface area contributed by atoms with Gasteiger partial charge in [0.15, 0.2) is 5.82 Å². The number of rotatable bonds is 8. The fraction of sp³-hybridized carbons (Fsp3) is 0.345. The molecular formula is C29H34N8OS. The van der Waals surface area contributed by atoms with Crippen molar-refractivity contribution < 1.29 is 4.79 Å². The molecule has 0 radical (unpaired) electrons. The van der Waals surface area contributed by atoms with E-state index in [0.717, 1.165) is 82.5 Å². The molecule has 1 amide bonds. The van der Waals surface area contributed by atoms with Crippen LogP contribution in [0.25, 0.3) is 31.7 Å². The maximum atomic E-state index is 12.9. The van der Waals surface area contributed by atoms with Crippen molar-refractivity contribution in [2.45, 2.75) is 13.3 Å². The normalized spacial score (nSPS) is 14.8. The molecule has 5 heterocycles. The van der Waals surface area contributed by atoms with Crippen molar-refractivity contribution in [3.63, 3.8) is 0 Å². The van der Waals surface area contributed by atoms with Crippen LogP contribution in [0.1, 0.15) is 22.7 Å². The van der Waals surface area contributed by atoms with Crippen LogP contribution in [-0.4, -0.2) is 81.5 Å². The second kappa shape index (κ2) is 10.8. The van der Waals surface area contributed by atoms with Crippen molar-refractivity contribution >= 4 is 49.7 Å². The lowest BCUT2D eigenvalue weighted by atomic mass is 10.2. The van der Waals surface area contributed by atoms with Gasteiger partial charge in [0.25, 0.3) is 5.91 Å². The lowest BCUT2D eigenvalue weighted by Gasteiger charge is -2.32. The summed E-state index contributed by atoms with van der Waals surface area (Å²) in [5.41, 5.74) is 6.11. The third-order valence-electron chi connectivity index (χ3n) is 7.42. The number of benzene rings is 1. The minimum Gasteiger partial charge on any atom is -0.359 e. The molecule has 202 valence electrons. The van der Waals surface area contributed by atoms with E-state index in [2.05, 4.69) is 79.7 Å². The lowest BCUT2D eigenvalue weighted by molar-refractivity contribution is 0.0936. The average molecular weight is 543 g/mol. The van der Waals surface area contributed by atoms with Crippen LogP contribution < -0.4 is 10.6 Å². The summed E-state index contributed by atoms with van der Waals surface area (Å²) in [4.78, 5) is 31.2. The molecule has 6 rings (SSSR count). The van der Waals surface area contributed by atoms with Crippen LogP contribution >= 0.6 is 11.3 Å². The quantitative estimate of drug-likeness (QED) is 0.248. The van der Waals surface area contributed by atoms with Crippen molar-refractivity contribution in [3.05, 3.63) is 60.3 Å². The number of carbonyl (C=O) groups excluding carboxylic acids is 1. The predicted octanol–water partition coefficient (Wildman–Crippen LogP) is 4.60. The Bertz CT molecular complexity index is 1630. The lowest BCUT2D eigenvalue weighted by Crippen LogP contribution is -2.45. The minimum atomic E-state index is -0.140. The molecule has 4 aromatic heterocycles. The van der Waals surface area contributed by atoms with E-state index in [9.17, 15) is 4.79 Å². The molecule has 0 aliphatic carbocycles. The van der Waals surface area contributed by atoms with Gasteiger partial charge >= 0.3 is 0 Å². The summed E-state index contributed by atoms with van der Waals surface area (Å²) in [7, 11) is 4.06. The Kier molecular flexibility index (Phi) is 7.07. The van der Waals surface area contributed by atoms with Crippen molar-refractivity contribution in [3.8, 4) is 10.6 Å². The van der Waals surface area contributed by atoms with E-state index >= 15 is 0 Å². The number of hydrogen-bond donors (Lipinski definition) is 3. The zero-order chi connectivity index (χ0) is 26.9. The summed E-state index contributed by atoms with van der Waals surface area (Å²) >= 11 is 1.65. The van der Waals surface area contributed by atoms with Crippen molar-refractivity contribution in [2.24, 2.45) is 7.05 Å². The Morgan fingerprint density at radius 3 is 2.77 bits per heavy atom. The molecule has 1 fully saturated rings. The number of hydrogen-bond acceptors (Lipinski definition) is 7. The van der Waals surface area contributed by atoms with E-state index in [1.165, 1.54) is 5.39 Å². The Morgan fingerprint density at radius 1 is 1.08 bits per heavy atom. The highest BCUT2D eigenvalue weighted by molar-refractivity contribution is 7.22. The molecular weight excluding hydrogens is 508 g/mol. The number of nitrogens with zero attached hydrogens (tertiary/aromatic N) is 5. The van der Waals surface area contributed by atoms with Gasteiger partial charge in [0.1, 0.15) is 0 Å². The highest BCUT2D eigenvalue weighted by Crippen LogP contribution is 2.38. The van der Waals surface area contributed by atoms with Gasteiger partial charge < -0.3 is 30.0 Å². The van der Waals surface area contributed by atoms with E-state index < -0.39 is 0 Å². The second-order valence-electron chi connectivity index (χ2n) is 10.3. The van der Waals surface area contributed by atoms with E-state index in [4.69, 9.17) is 0 Å². The maximum Gasteiger partial charge on any atom is 0.287 e. The van der Waals surface area contributed by atoms with Gasteiger partial charge in [0, 0.05) is 68.3 Å². The highest BCUT2D eigenvalue weighted by Gasteiger charge is 2.19. The van der Waals surface area contributed by atoms with Crippen LogP contribution in [0.5, 0.6) is 0 Å². The summed E-state index contributed by atoms with van der Waals surface area (Å²) in [6.07, 6.45) is 4.53. The third kappa shape index (κ3) is 5.40. The van der Waals surface area contributed by atoms with Gasteiger partial charge in [-0.2, -0.15) is 0 Å². The number of thiophene rings is 1. The summed E-state index contributed by atoms with van der Waals surface area (Å²) < 4.78 is 2.93. The summed E-state index contributed by atoms with van der Waals surface area (Å²) in [5.74, 6) is 0.280. The number of aromatic nitrogens is 4. The Hall–Kier alpha value is -3.73. The van der Waals surface area contributed by atoms with E-state index in [-0.39, 0.29) is 5.91 Å². The third-order valence-corrected chi connectivity index (χ3v) is 8.60. The maximum absolute atomic E-state index is 12.9. The van der Waals surface area contributed by atoms with Gasteiger partial charge in [-0.15, -0.1) is 11.3 Å². The largest absolute Gasteiger partial charge is 0.359 e. The molecule has 9 nitrogen and oxygen atoms in total. The van der Waals surface area contributed by atoms with Gasteiger partial charge in [-0.25, -0.2) is 4.98 Å². The standard InChI is InChI=1S/C29H34N8OS/c1-19-15-20-16-21(5-6-22(20)33-19)34-23-7-9-30-24-17-26(39-27(23)24)25-18-32-28(36(25)3)29(38)31-8-4-10-37-13-11-35(2)12-14-37/h5-7,9,15-18,33H,4,8,10-14H2,1-3H3,(H,30,34)(H,31,38). The summed E-state index contributed by atoms with van der Waals surface area (Å²) in [6, 6.07) is 12.5. The number of nitrogens with one attached hydrogen (secondary N) is 3. The monoisotopic (exact) mass is 542 g/mol. The number of likely N-dealkylation sites (N-methyl/N-ethyl adjacent to an activating group) is 1. The Balaban J connectivity index is 1.14. The van der Waals surface area contributed by atoms with Gasteiger partial charge in [0.2, 0.25) is 0 Å². The number of piperazine rings is 1. The van der Waals surface area contributed by atoms with Gasteiger partial charge in [-0.05, 0) is 63.3 Å². The molecule has 1 aliphatic heterocycles. The first-order valence-electron chi connectivity index (χ1n) is 13.4. The number of aryl methyl sites for hydroxylation is 1. The molecule has 10 heteroatoms. The fourth-order valence-corrected chi connectivity index (χ4v) is 6.31. The first-order valence-corrected chi connectivity index (χ1v) is 14.2. The molecule has 1 aromatic carbocycles. The predicted molar refractivity (Wildman–Crippen MR) is 159 cm³/mol. The number of imidazole rings is 1. The molecule has 1 saturated heterocycles. The number of amides is 1. The van der Waals surface area contributed by atoms with Crippen molar-refractivity contribution in [1.82, 2.24) is 34.6 Å². The van der Waals surface area contributed by atoms with Crippen LogP contribution in [0.3, 0.4) is 0 Å². The van der Waals surface area contributed by atoms with Crippen molar-refractivity contribution in [2.75, 3.05) is 51.6 Å². The van der Waals surface area contributed by atoms with E-state index in [1.54, 1.807) is 17.5 Å². The first-order chi connectivity index (χ1) is 18.9. The van der Waals surface area contributed by atoms with E-state index in [0.29, 0.717) is 12.4 Å². The molecule has 0 bridgehead atoms. The van der Waals surface area contributed by atoms with Gasteiger partial charge in [-0.3, -0.25) is 9.78 Å². The van der Waals surface area contributed by atoms with Crippen LogP contribution in [0.2, 0.25) is 0 Å². The van der Waals surface area contributed by atoms with Crippen molar-refractivity contribution in [1.29, 1.82) is 0 Å². The van der Waals surface area contributed by atoms with Crippen LogP contribution in [0.4, 0.5) is 11.4 Å². The van der Waals surface area contributed by atoms with Gasteiger partial charge in [-0.1, -0.05) is 0 Å². The minimum absolute atomic E-state index is 0.140. The van der Waals surface area contributed by atoms with Crippen LogP contribution in [0.15, 0.2) is 48.8 Å². The van der Waals surface area contributed by atoms with Gasteiger partial charge in [0.05, 0.1) is 32.7 Å². The Morgan fingerprint density at radius 2 is 1.92 bits per heavy atom.